The summed E-state index contributed by atoms with van der Waals surface area (Å²) in [7, 11) is -3.02. The lowest BCUT2D eigenvalue weighted by Crippen LogP contribution is -2.25. The number of anilines is 1. The highest BCUT2D eigenvalue weighted by atomic mass is 32.2. The third-order valence-electron chi connectivity index (χ3n) is 2.57. The Morgan fingerprint density at radius 2 is 2.24 bits per heavy atom. The van der Waals surface area contributed by atoms with Gasteiger partial charge in [0.2, 0.25) is 0 Å². The van der Waals surface area contributed by atoms with E-state index in [0.29, 0.717) is 6.04 Å². The van der Waals surface area contributed by atoms with Crippen molar-refractivity contribution in [3.8, 4) is 0 Å². The molecule has 1 N–H and O–H groups in total. The first-order valence-electron chi connectivity index (χ1n) is 5.46. The minimum atomic E-state index is -3.02. The van der Waals surface area contributed by atoms with Gasteiger partial charge in [-0.15, -0.1) is 0 Å². The molecule has 6 nitrogen and oxygen atoms in total. The van der Waals surface area contributed by atoms with Crippen LogP contribution in [0, 0.1) is 0 Å². The van der Waals surface area contributed by atoms with E-state index in [0.717, 1.165) is 19.1 Å². The predicted octanol–water partition coefficient (Wildman–Crippen LogP) is 0.0347. The van der Waals surface area contributed by atoms with Crippen molar-refractivity contribution in [2.75, 3.05) is 23.9 Å². The van der Waals surface area contributed by atoms with Crippen molar-refractivity contribution in [1.82, 2.24) is 9.55 Å². The molecule has 0 spiro atoms. The third-order valence-corrected chi connectivity index (χ3v) is 3.52. The summed E-state index contributed by atoms with van der Waals surface area (Å²) in [5, 5.41) is 2.77. The van der Waals surface area contributed by atoms with Crippen LogP contribution in [0.4, 0.5) is 5.82 Å². The van der Waals surface area contributed by atoms with Crippen LogP contribution in [0.3, 0.4) is 0 Å². The van der Waals surface area contributed by atoms with Gasteiger partial charge in [0.15, 0.2) is 5.82 Å². The lowest BCUT2D eigenvalue weighted by molar-refractivity contribution is 0.602. The minimum absolute atomic E-state index is 0.00750. The topological polar surface area (TPSA) is 81.1 Å². The molecule has 2 rings (SSSR count). The predicted molar refractivity (Wildman–Crippen MR) is 65.0 cm³/mol. The van der Waals surface area contributed by atoms with E-state index in [4.69, 9.17) is 0 Å². The first-order valence-corrected chi connectivity index (χ1v) is 7.52. The van der Waals surface area contributed by atoms with Crippen LogP contribution in [0.15, 0.2) is 17.2 Å². The normalized spacial score (nSPS) is 15.8. The molecule has 0 aromatic carbocycles. The molecular formula is C10H15N3O3S. The fourth-order valence-corrected chi connectivity index (χ4v) is 2.01. The number of sulfone groups is 1. The Morgan fingerprint density at radius 3 is 2.82 bits per heavy atom. The summed E-state index contributed by atoms with van der Waals surface area (Å²) in [6.07, 6.45) is 6.43. The van der Waals surface area contributed by atoms with Crippen molar-refractivity contribution >= 4 is 15.7 Å². The van der Waals surface area contributed by atoms with Gasteiger partial charge in [0.05, 0.1) is 5.75 Å². The van der Waals surface area contributed by atoms with Gasteiger partial charge in [0, 0.05) is 31.2 Å². The van der Waals surface area contributed by atoms with Crippen molar-refractivity contribution in [2.24, 2.45) is 0 Å². The van der Waals surface area contributed by atoms with E-state index in [1.54, 1.807) is 17.0 Å². The van der Waals surface area contributed by atoms with Crippen LogP contribution in [-0.2, 0) is 9.84 Å². The monoisotopic (exact) mass is 257 g/mol. The van der Waals surface area contributed by atoms with E-state index < -0.39 is 9.84 Å². The van der Waals surface area contributed by atoms with Gasteiger partial charge in [0.25, 0.3) is 5.56 Å². The Morgan fingerprint density at radius 1 is 1.53 bits per heavy atom. The van der Waals surface area contributed by atoms with E-state index in [9.17, 15) is 13.2 Å². The molecule has 0 saturated heterocycles. The first-order chi connectivity index (χ1) is 7.97. The highest BCUT2D eigenvalue weighted by molar-refractivity contribution is 7.90. The Balaban J connectivity index is 2.06. The van der Waals surface area contributed by atoms with Gasteiger partial charge < -0.3 is 9.88 Å². The molecule has 0 bridgehead atoms. The van der Waals surface area contributed by atoms with Crippen molar-refractivity contribution in [2.45, 2.75) is 18.9 Å². The second kappa shape index (κ2) is 4.48. The molecule has 7 heteroatoms. The van der Waals surface area contributed by atoms with Crippen molar-refractivity contribution in [3.63, 3.8) is 0 Å². The van der Waals surface area contributed by atoms with Gasteiger partial charge in [-0.05, 0) is 12.8 Å². The fraction of sp³-hybridized carbons (Fsp3) is 0.600. The number of nitrogens with one attached hydrogen (secondary N) is 1. The lowest BCUT2D eigenvalue weighted by atomic mass is 10.5. The summed E-state index contributed by atoms with van der Waals surface area (Å²) in [5.74, 6) is 0.218. The van der Waals surface area contributed by atoms with Gasteiger partial charge in [-0.25, -0.2) is 13.4 Å². The maximum atomic E-state index is 11.9. The second-order valence-corrected chi connectivity index (χ2v) is 6.54. The van der Waals surface area contributed by atoms with Gasteiger partial charge in [-0.3, -0.25) is 4.79 Å². The molecule has 1 saturated carbocycles. The summed E-state index contributed by atoms with van der Waals surface area (Å²) in [5.41, 5.74) is -0.177. The maximum absolute atomic E-state index is 11.9. The summed E-state index contributed by atoms with van der Waals surface area (Å²) >= 11 is 0. The van der Waals surface area contributed by atoms with Crippen LogP contribution in [0.1, 0.15) is 18.9 Å². The molecule has 0 unspecified atom stereocenters. The van der Waals surface area contributed by atoms with Gasteiger partial charge in [-0.1, -0.05) is 0 Å². The van der Waals surface area contributed by atoms with Crippen LogP contribution in [0.25, 0.3) is 0 Å². The second-order valence-electron chi connectivity index (χ2n) is 4.28. The van der Waals surface area contributed by atoms with Crippen LogP contribution in [-0.4, -0.2) is 36.5 Å². The first kappa shape index (κ1) is 12.1. The zero-order valence-electron chi connectivity index (χ0n) is 9.59. The molecule has 0 amide bonds. The molecule has 0 radical (unpaired) electrons. The number of hydrogen-bond acceptors (Lipinski definition) is 5. The van der Waals surface area contributed by atoms with Crippen molar-refractivity contribution in [1.29, 1.82) is 0 Å². The lowest BCUT2D eigenvalue weighted by Gasteiger charge is -2.07. The van der Waals surface area contributed by atoms with E-state index in [1.807, 2.05) is 0 Å². The molecule has 0 atom stereocenters. The number of nitrogens with zero attached hydrogens (tertiary/aromatic N) is 2. The largest absolute Gasteiger partial charge is 0.364 e. The zero-order valence-corrected chi connectivity index (χ0v) is 10.4. The Hall–Kier alpha value is -1.37. The average Bonchev–Trinajstić information content (AvgIpc) is 3.02. The van der Waals surface area contributed by atoms with Crippen LogP contribution >= 0.6 is 0 Å². The molecule has 1 aromatic rings. The highest BCUT2D eigenvalue weighted by Crippen LogP contribution is 2.33. The SMILES string of the molecule is CS(=O)(=O)CCNc1nccn(C2CC2)c1=O. The van der Waals surface area contributed by atoms with E-state index in [2.05, 4.69) is 10.3 Å². The van der Waals surface area contributed by atoms with Crippen molar-refractivity contribution in [3.05, 3.63) is 22.7 Å². The molecule has 1 aliphatic carbocycles. The summed E-state index contributed by atoms with van der Waals surface area (Å²) in [6, 6.07) is 0.293. The molecule has 94 valence electrons. The maximum Gasteiger partial charge on any atom is 0.293 e. The molecule has 1 aromatic heterocycles. The molecule has 17 heavy (non-hydrogen) atoms. The van der Waals surface area contributed by atoms with Gasteiger partial charge >= 0.3 is 0 Å². The fourth-order valence-electron chi connectivity index (χ4n) is 1.54. The number of aromatic nitrogens is 2. The average molecular weight is 257 g/mol. The standard InChI is InChI=1S/C10H15N3O3S/c1-17(15,16)7-5-12-9-10(14)13(6-4-11-9)8-2-3-8/h4,6,8H,2-3,5,7H2,1H3,(H,11,12). The van der Waals surface area contributed by atoms with E-state index >= 15 is 0 Å². The van der Waals surface area contributed by atoms with Gasteiger partial charge in [-0.2, -0.15) is 0 Å². The van der Waals surface area contributed by atoms with E-state index in [-0.39, 0.29) is 23.7 Å². The smallest absolute Gasteiger partial charge is 0.293 e. The molecule has 1 aliphatic rings. The number of rotatable bonds is 5. The van der Waals surface area contributed by atoms with Crippen LogP contribution < -0.4 is 10.9 Å². The van der Waals surface area contributed by atoms with Crippen LogP contribution in [0.5, 0.6) is 0 Å². The molecule has 1 heterocycles. The third kappa shape index (κ3) is 3.29. The van der Waals surface area contributed by atoms with E-state index in [1.165, 1.54) is 0 Å². The molecular weight excluding hydrogens is 242 g/mol. The quantitative estimate of drug-likeness (QED) is 0.805. The molecule has 1 fully saturated rings. The summed E-state index contributed by atoms with van der Waals surface area (Å²) < 4.78 is 23.5. The Labute approximate surface area is 99.6 Å². The van der Waals surface area contributed by atoms with Crippen LogP contribution in [0.2, 0.25) is 0 Å². The Bertz CT molecular complexity index is 560. The zero-order chi connectivity index (χ0) is 12.5. The van der Waals surface area contributed by atoms with Crippen molar-refractivity contribution < 1.29 is 8.42 Å². The highest BCUT2D eigenvalue weighted by Gasteiger charge is 2.25. The Kier molecular flexibility index (Phi) is 3.19. The summed E-state index contributed by atoms with van der Waals surface area (Å²) in [6.45, 7) is 0.204. The van der Waals surface area contributed by atoms with Gasteiger partial charge in [0.1, 0.15) is 9.84 Å². The summed E-state index contributed by atoms with van der Waals surface area (Å²) in [4.78, 5) is 15.8. The number of hydrogen-bond donors (Lipinski definition) is 1. The minimum Gasteiger partial charge on any atom is -0.364 e. The molecule has 0 aliphatic heterocycles.